The van der Waals surface area contributed by atoms with Crippen molar-refractivity contribution in [3.63, 3.8) is 0 Å². The molecule has 1 aliphatic rings. The molecule has 0 spiro atoms. The quantitative estimate of drug-likeness (QED) is 0.789. The normalized spacial score (nSPS) is 24.6. The Balaban J connectivity index is 2.40. The zero-order valence-electron chi connectivity index (χ0n) is 11.5. The van der Waals surface area contributed by atoms with E-state index in [2.05, 4.69) is 5.32 Å². The molecule has 0 aromatic heterocycles. The number of urea groups is 1. The van der Waals surface area contributed by atoms with Gasteiger partial charge in [0.15, 0.2) is 0 Å². The maximum absolute atomic E-state index is 11.8. The van der Waals surface area contributed by atoms with Crippen molar-refractivity contribution in [2.45, 2.75) is 45.6 Å². The average Bonchev–Trinajstić information content (AvgIpc) is 2.82. The Labute approximate surface area is 109 Å². The first-order chi connectivity index (χ1) is 8.47. The summed E-state index contributed by atoms with van der Waals surface area (Å²) in [6.07, 6.45) is 3.48. The Kier molecular flexibility index (Phi) is 5.44. The smallest absolute Gasteiger partial charge is 0.317 e. The molecule has 3 unspecified atom stereocenters. The molecule has 0 aromatic rings. The molecular weight excluding hydrogens is 232 g/mol. The molecule has 0 saturated heterocycles. The molecule has 0 radical (unpaired) electrons. The molecule has 5 heteroatoms. The van der Waals surface area contributed by atoms with E-state index in [9.17, 15) is 9.59 Å². The van der Waals surface area contributed by atoms with Gasteiger partial charge in [-0.05, 0) is 32.1 Å². The molecule has 1 rings (SSSR count). The minimum Gasteiger partial charge on any atom is -0.481 e. The molecule has 18 heavy (non-hydrogen) atoms. The van der Waals surface area contributed by atoms with E-state index in [4.69, 9.17) is 5.11 Å². The van der Waals surface area contributed by atoms with Crippen LogP contribution >= 0.6 is 0 Å². The van der Waals surface area contributed by atoms with Gasteiger partial charge < -0.3 is 15.3 Å². The van der Waals surface area contributed by atoms with Gasteiger partial charge in [-0.3, -0.25) is 4.79 Å². The van der Waals surface area contributed by atoms with Crippen molar-refractivity contribution in [1.82, 2.24) is 10.2 Å². The topological polar surface area (TPSA) is 69.6 Å². The van der Waals surface area contributed by atoms with Gasteiger partial charge in [0.25, 0.3) is 0 Å². The van der Waals surface area contributed by atoms with Crippen molar-refractivity contribution in [2.75, 3.05) is 13.6 Å². The maximum Gasteiger partial charge on any atom is 0.317 e. The van der Waals surface area contributed by atoms with Crippen LogP contribution in [0.5, 0.6) is 0 Å². The molecule has 5 nitrogen and oxygen atoms in total. The van der Waals surface area contributed by atoms with Crippen LogP contribution in [-0.2, 0) is 4.79 Å². The number of nitrogens with zero attached hydrogens (tertiary/aromatic N) is 1. The van der Waals surface area contributed by atoms with Crippen LogP contribution in [-0.4, -0.2) is 41.6 Å². The Morgan fingerprint density at radius 2 is 2.11 bits per heavy atom. The van der Waals surface area contributed by atoms with E-state index < -0.39 is 5.97 Å². The Morgan fingerprint density at radius 1 is 1.44 bits per heavy atom. The van der Waals surface area contributed by atoms with Crippen molar-refractivity contribution in [3.8, 4) is 0 Å². The van der Waals surface area contributed by atoms with Crippen molar-refractivity contribution in [3.05, 3.63) is 0 Å². The van der Waals surface area contributed by atoms with E-state index in [-0.39, 0.29) is 23.9 Å². The first-order valence-corrected chi connectivity index (χ1v) is 6.70. The first-order valence-electron chi connectivity index (χ1n) is 6.70. The number of amides is 2. The fourth-order valence-corrected chi connectivity index (χ4v) is 2.42. The highest BCUT2D eigenvalue weighted by atomic mass is 16.4. The minimum absolute atomic E-state index is 0.0804. The molecule has 2 N–H and O–H groups in total. The van der Waals surface area contributed by atoms with Gasteiger partial charge >= 0.3 is 12.0 Å². The fraction of sp³-hybridized carbons (Fsp3) is 0.846. The molecule has 0 bridgehead atoms. The Hall–Kier alpha value is -1.26. The highest BCUT2D eigenvalue weighted by molar-refractivity contribution is 5.74. The third-order valence-electron chi connectivity index (χ3n) is 4.06. The summed E-state index contributed by atoms with van der Waals surface area (Å²) in [6.45, 7) is 4.50. The predicted molar refractivity (Wildman–Crippen MR) is 69.4 cm³/mol. The average molecular weight is 256 g/mol. The van der Waals surface area contributed by atoms with Gasteiger partial charge in [0.05, 0.1) is 5.92 Å². The summed E-state index contributed by atoms with van der Waals surface area (Å²) in [7, 11) is 1.77. The summed E-state index contributed by atoms with van der Waals surface area (Å²) in [5.41, 5.74) is 0. The maximum atomic E-state index is 11.8. The van der Waals surface area contributed by atoms with Crippen molar-refractivity contribution in [1.29, 1.82) is 0 Å². The second-order valence-corrected chi connectivity index (χ2v) is 5.19. The fourth-order valence-electron chi connectivity index (χ4n) is 2.42. The van der Waals surface area contributed by atoms with Crippen LogP contribution in [0.3, 0.4) is 0 Å². The summed E-state index contributed by atoms with van der Waals surface area (Å²) >= 11 is 0. The Bertz CT molecular complexity index is 307. The number of rotatable bonds is 5. The number of aliphatic carboxylic acids is 1. The molecule has 1 fully saturated rings. The molecule has 0 aromatic carbocycles. The zero-order valence-corrected chi connectivity index (χ0v) is 11.5. The highest BCUT2D eigenvalue weighted by Crippen LogP contribution is 2.31. The standard InChI is InChI=1S/C13H24N2O3/c1-4-9(2)15(3)13(18)14-8-10-6-5-7-11(10)12(16)17/h9-11H,4-8H2,1-3H3,(H,14,18)(H,16,17). The molecule has 0 aliphatic heterocycles. The highest BCUT2D eigenvalue weighted by Gasteiger charge is 2.33. The van der Waals surface area contributed by atoms with Crippen LogP contribution in [0.1, 0.15) is 39.5 Å². The molecule has 104 valence electrons. The number of carbonyl (C=O) groups excluding carboxylic acids is 1. The molecular formula is C13H24N2O3. The third kappa shape index (κ3) is 3.62. The molecule has 0 heterocycles. The largest absolute Gasteiger partial charge is 0.481 e. The summed E-state index contributed by atoms with van der Waals surface area (Å²) in [6, 6.07) is 0.0873. The lowest BCUT2D eigenvalue weighted by atomic mass is 9.96. The summed E-state index contributed by atoms with van der Waals surface area (Å²) in [5.74, 6) is -0.946. The van der Waals surface area contributed by atoms with Gasteiger partial charge in [-0.15, -0.1) is 0 Å². The SMILES string of the molecule is CCC(C)N(C)C(=O)NCC1CCCC1C(=O)O. The number of hydrogen-bond donors (Lipinski definition) is 2. The molecule has 1 saturated carbocycles. The van der Waals surface area contributed by atoms with Crippen LogP contribution in [0.25, 0.3) is 0 Å². The van der Waals surface area contributed by atoms with Crippen molar-refractivity contribution in [2.24, 2.45) is 11.8 Å². The number of carbonyl (C=O) groups is 2. The van der Waals surface area contributed by atoms with Crippen LogP contribution in [0.2, 0.25) is 0 Å². The molecule has 2 amide bonds. The monoisotopic (exact) mass is 256 g/mol. The lowest BCUT2D eigenvalue weighted by Gasteiger charge is -2.25. The molecule has 1 aliphatic carbocycles. The summed E-state index contributed by atoms with van der Waals surface area (Å²) in [5, 5.41) is 11.9. The number of carboxylic acids is 1. The second-order valence-electron chi connectivity index (χ2n) is 5.19. The summed E-state index contributed by atoms with van der Waals surface area (Å²) in [4.78, 5) is 24.5. The van der Waals surface area contributed by atoms with E-state index in [1.54, 1.807) is 11.9 Å². The van der Waals surface area contributed by atoms with Crippen molar-refractivity contribution >= 4 is 12.0 Å². The lowest BCUT2D eigenvalue weighted by Crippen LogP contribution is -2.44. The number of hydrogen-bond acceptors (Lipinski definition) is 2. The first kappa shape index (κ1) is 14.8. The van der Waals surface area contributed by atoms with E-state index in [1.807, 2.05) is 13.8 Å². The second kappa shape index (κ2) is 6.61. The van der Waals surface area contributed by atoms with Gasteiger partial charge in [0.2, 0.25) is 0 Å². The van der Waals surface area contributed by atoms with Gasteiger partial charge in [0.1, 0.15) is 0 Å². The van der Waals surface area contributed by atoms with E-state index >= 15 is 0 Å². The van der Waals surface area contributed by atoms with Crippen LogP contribution in [0.4, 0.5) is 4.79 Å². The van der Waals surface area contributed by atoms with Gasteiger partial charge in [0, 0.05) is 19.6 Å². The van der Waals surface area contributed by atoms with Gasteiger partial charge in [-0.1, -0.05) is 13.3 Å². The minimum atomic E-state index is -0.734. The summed E-state index contributed by atoms with van der Waals surface area (Å²) < 4.78 is 0. The zero-order chi connectivity index (χ0) is 13.7. The molecule has 3 atom stereocenters. The predicted octanol–water partition coefficient (Wildman–Crippen LogP) is 1.93. The van der Waals surface area contributed by atoms with Crippen molar-refractivity contribution < 1.29 is 14.7 Å². The van der Waals surface area contributed by atoms with Gasteiger partial charge in [-0.2, -0.15) is 0 Å². The van der Waals surface area contributed by atoms with E-state index in [0.717, 1.165) is 25.7 Å². The number of nitrogens with one attached hydrogen (secondary N) is 1. The van der Waals surface area contributed by atoms with Crippen LogP contribution in [0.15, 0.2) is 0 Å². The number of carboxylic acid groups (broad SMARTS) is 1. The lowest BCUT2D eigenvalue weighted by molar-refractivity contribution is -0.142. The van der Waals surface area contributed by atoms with E-state index in [1.165, 1.54) is 0 Å². The Morgan fingerprint density at radius 3 is 2.67 bits per heavy atom. The van der Waals surface area contributed by atoms with E-state index in [0.29, 0.717) is 6.54 Å². The van der Waals surface area contributed by atoms with Crippen LogP contribution < -0.4 is 5.32 Å². The van der Waals surface area contributed by atoms with Gasteiger partial charge in [-0.25, -0.2) is 4.79 Å². The van der Waals surface area contributed by atoms with Crippen LogP contribution in [0, 0.1) is 11.8 Å². The third-order valence-corrected chi connectivity index (χ3v) is 4.06.